The summed E-state index contributed by atoms with van der Waals surface area (Å²) in [6, 6.07) is 5.30. The second-order valence-corrected chi connectivity index (χ2v) is 6.59. The fourth-order valence-corrected chi connectivity index (χ4v) is 3.72. The first-order chi connectivity index (χ1) is 12.0. The number of carbonyl (C=O) groups excluding carboxylic acids is 2. The second kappa shape index (κ2) is 5.61. The number of carbonyl (C=O) groups is 2. The van der Waals surface area contributed by atoms with Crippen molar-refractivity contribution in [2.24, 2.45) is 0 Å². The summed E-state index contributed by atoms with van der Waals surface area (Å²) in [5, 5.41) is 0. The van der Waals surface area contributed by atoms with Crippen LogP contribution < -0.4 is 4.74 Å². The van der Waals surface area contributed by atoms with Crippen molar-refractivity contribution in [1.29, 1.82) is 0 Å². The highest BCUT2D eigenvalue weighted by Crippen LogP contribution is 2.40. The van der Waals surface area contributed by atoms with Crippen LogP contribution in [-0.4, -0.2) is 58.9 Å². The van der Waals surface area contributed by atoms with Crippen LogP contribution in [0.5, 0.6) is 5.75 Å². The molecule has 1 aromatic heterocycles. The van der Waals surface area contributed by atoms with Crippen LogP contribution in [0.2, 0.25) is 0 Å². The number of aromatic nitrogens is 2. The maximum atomic E-state index is 13.1. The predicted octanol–water partition coefficient (Wildman–Crippen LogP) is 1.87. The zero-order chi connectivity index (χ0) is 17.7. The lowest BCUT2D eigenvalue weighted by atomic mass is 10.1. The number of amides is 2. The van der Waals surface area contributed by atoms with Gasteiger partial charge in [-0.3, -0.25) is 14.2 Å². The monoisotopic (exact) mass is 340 g/mol. The van der Waals surface area contributed by atoms with Gasteiger partial charge in [0.15, 0.2) is 5.69 Å². The highest BCUT2D eigenvalue weighted by molar-refractivity contribution is 6.00. The van der Waals surface area contributed by atoms with Gasteiger partial charge >= 0.3 is 0 Å². The normalized spacial score (nSPS) is 18.3. The molecule has 1 aromatic carbocycles. The van der Waals surface area contributed by atoms with E-state index in [9.17, 15) is 9.59 Å². The lowest BCUT2D eigenvalue weighted by Gasteiger charge is -2.23. The van der Waals surface area contributed by atoms with Crippen molar-refractivity contribution in [3.05, 3.63) is 41.5 Å². The maximum absolute atomic E-state index is 13.1. The highest BCUT2D eigenvalue weighted by Gasteiger charge is 2.40. The Morgan fingerprint density at radius 1 is 1.36 bits per heavy atom. The van der Waals surface area contributed by atoms with Crippen LogP contribution >= 0.6 is 0 Å². The summed E-state index contributed by atoms with van der Waals surface area (Å²) in [6.45, 7) is 0.681. The van der Waals surface area contributed by atoms with E-state index >= 15 is 0 Å². The van der Waals surface area contributed by atoms with Gasteiger partial charge in [-0.2, -0.15) is 0 Å². The number of fused-ring (bicyclic) bond motifs is 5. The molecule has 0 unspecified atom stereocenters. The standard InChI is InChI=1S/C18H20N4O3/c1-20(2)18(24)15-16-14-5-4-8-21(14)17(23)12-9-11(25-3)6-7-13(12)22(16)10-19-15/h6-7,9-10,14H,4-5,8H2,1-3H3/t14-/m0/s1. The van der Waals surface area contributed by atoms with E-state index in [0.717, 1.165) is 24.2 Å². The molecule has 0 saturated carbocycles. The molecule has 7 nitrogen and oxygen atoms in total. The molecule has 25 heavy (non-hydrogen) atoms. The van der Waals surface area contributed by atoms with Crippen molar-refractivity contribution in [2.45, 2.75) is 18.9 Å². The van der Waals surface area contributed by atoms with Crippen molar-refractivity contribution in [3.8, 4) is 11.4 Å². The van der Waals surface area contributed by atoms with Crippen molar-refractivity contribution in [2.75, 3.05) is 27.7 Å². The van der Waals surface area contributed by atoms with E-state index in [0.29, 0.717) is 23.6 Å². The van der Waals surface area contributed by atoms with Crippen LogP contribution in [0.3, 0.4) is 0 Å². The summed E-state index contributed by atoms with van der Waals surface area (Å²) in [5.74, 6) is 0.462. The zero-order valence-corrected chi connectivity index (χ0v) is 14.5. The molecule has 130 valence electrons. The van der Waals surface area contributed by atoms with Crippen LogP contribution in [0.4, 0.5) is 0 Å². The summed E-state index contributed by atoms with van der Waals surface area (Å²) in [7, 11) is 5.00. The SMILES string of the molecule is COc1ccc2c(c1)C(=O)N1CCC[C@H]1c1c(C(=O)N(C)C)ncn1-2. The Balaban J connectivity index is 1.98. The molecule has 0 spiro atoms. The number of rotatable bonds is 2. The molecule has 3 heterocycles. The molecular weight excluding hydrogens is 320 g/mol. The lowest BCUT2D eigenvalue weighted by Crippen LogP contribution is -2.31. The quantitative estimate of drug-likeness (QED) is 0.837. The van der Waals surface area contributed by atoms with Crippen molar-refractivity contribution >= 4 is 11.8 Å². The third kappa shape index (κ3) is 2.22. The minimum Gasteiger partial charge on any atom is -0.497 e. The smallest absolute Gasteiger partial charge is 0.273 e. The Hall–Kier alpha value is -2.83. The molecule has 1 saturated heterocycles. The number of methoxy groups -OCH3 is 1. The Morgan fingerprint density at radius 3 is 2.88 bits per heavy atom. The van der Waals surface area contributed by atoms with Crippen LogP contribution in [0.25, 0.3) is 5.69 Å². The largest absolute Gasteiger partial charge is 0.497 e. The number of imidazole rings is 1. The first-order valence-electron chi connectivity index (χ1n) is 8.31. The van der Waals surface area contributed by atoms with Gasteiger partial charge in [-0.1, -0.05) is 0 Å². The number of hydrogen-bond donors (Lipinski definition) is 0. The van der Waals surface area contributed by atoms with E-state index in [1.807, 2.05) is 21.6 Å². The Kier molecular flexibility index (Phi) is 3.52. The number of benzene rings is 1. The van der Waals surface area contributed by atoms with E-state index in [2.05, 4.69) is 4.98 Å². The molecule has 2 aliphatic heterocycles. The van der Waals surface area contributed by atoms with Crippen molar-refractivity contribution in [1.82, 2.24) is 19.4 Å². The van der Waals surface area contributed by atoms with E-state index in [-0.39, 0.29) is 17.9 Å². The molecule has 0 aliphatic carbocycles. The van der Waals surface area contributed by atoms with Gasteiger partial charge in [-0.05, 0) is 31.0 Å². The molecule has 1 fully saturated rings. The maximum Gasteiger partial charge on any atom is 0.273 e. The first kappa shape index (κ1) is 15.7. The van der Waals surface area contributed by atoms with Gasteiger partial charge < -0.3 is 14.5 Å². The van der Waals surface area contributed by atoms with Gasteiger partial charge in [-0.25, -0.2) is 4.98 Å². The van der Waals surface area contributed by atoms with Gasteiger partial charge in [0.2, 0.25) is 0 Å². The molecule has 2 aliphatic rings. The molecule has 0 N–H and O–H groups in total. The fourth-order valence-electron chi connectivity index (χ4n) is 3.72. The molecule has 4 rings (SSSR count). The molecular formula is C18H20N4O3. The molecule has 1 atom stereocenters. The Morgan fingerprint density at radius 2 is 2.16 bits per heavy atom. The van der Waals surface area contributed by atoms with E-state index in [1.165, 1.54) is 4.90 Å². The second-order valence-electron chi connectivity index (χ2n) is 6.59. The van der Waals surface area contributed by atoms with Crippen LogP contribution in [0.15, 0.2) is 24.5 Å². The average Bonchev–Trinajstić information content (AvgIpc) is 3.24. The van der Waals surface area contributed by atoms with Gasteiger partial charge in [0.05, 0.1) is 30.1 Å². The Labute approximate surface area is 145 Å². The lowest BCUT2D eigenvalue weighted by molar-refractivity contribution is 0.0729. The van der Waals surface area contributed by atoms with E-state index in [1.54, 1.807) is 33.6 Å². The fraction of sp³-hybridized carbons (Fsp3) is 0.389. The van der Waals surface area contributed by atoms with Crippen LogP contribution in [-0.2, 0) is 0 Å². The van der Waals surface area contributed by atoms with E-state index in [4.69, 9.17) is 4.74 Å². The van der Waals surface area contributed by atoms with Crippen LogP contribution in [0, 0.1) is 0 Å². The first-order valence-corrected chi connectivity index (χ1v) is 8.31. The van der Waals surface area contributed by atoms with Gasteiger partial charge in [0.25, 0.3) is 11.8 Å². The minimum atomic E-state index is -0.148. The topological polar surface area (TPSA) is 67.7 Å². The minimum absolute atomic E-state index is 0.0247. The van der Waals surface area contributed by atoms with Crippen molar-refractivity contribution in [3.63, 3.8) is 0 Å². The van der Waals surface area contributed by atoms with Gasteiger partial charge in [0.1, 0.15) is 12.1 Å². The number of nitrogens with zero attached hydrogens (tertiary/aromatic N) is 4. The number of ether oxygens (including phenoxy) is 1. The Bertz CT molecular complexity index is 871. The summed E-state index contributed by atoms with van der Waals surface area (Å²) in [6.07, 6.45) is 3.39. The predicted molar refractivity (Wildman–Crippen MR) is 91.1 cm³/mol. The zero-order valence-electron chi connectivity index (χ0n) is 14.5. The summed E-state index contributed by atoms with van der Waals surface area (Å²) in [4.78, 5) is 33.5. The highest BCUT2D eigenvalue weighted by atomic mass is 16.5. The van der Waals surface area contributed by atoms with Crippen LogP contribution in [0.1, 0.15) is 45.4 Å². The molecule has 0 bridgehead atoms. The average molecular weight is 340 g/mol. The summed E-state index contributed by atoms with van der Waals surface area (Å²) in [5.41, 5.74) is 2.53. The summed E-state index contributed by atoms with van der Waals surface area (Å²) >= 11 is 0. The molecule has 0 radical (unpaired) electrons. The summed E-state index contributed by atoms with van der Waals surface area (Å²) < 4.78 is 7.18. The van der Waals surface area contributed by atoms with Gasteiger partial charge in [-0.15, -0.1) is 0 Å². The van der Waals surface area contributed by atoms with E-state index < -0.39 is 0 Å². The molecule has 7 heteroatoms. The third-order valence-electron chi connectivity index (χ3n) is 4.94. The third-order valence-corrected chi connectivity index (χ3v) is 4.94. The molecule has 2 aromatic rings. The molecule has 2 amide bonds. The van der Waals surface area contributed by atoms with Gasteiger partial charge in [0, 0.05) is 20.6 Å². The van der Waals surface area contributed by atoms with Crippen molar-refractivity contribution < 1.29 is 14.3 Å². The number of hydrogen-bond acceptors (Lipinski definition) is 4.